The van der Waals surface area contributed by atoms with Crippen LogP contribution >= 0.6 is 0 Å². The molecule has 128 valence electrons. The first kappa shape index (κ1) is 16.8. The van der Waals surface area contributed by atoms with Gasteiger partial charge in [0.05, 0.1) is 22.8 Å². The van der Waals surface area contributed by atoms with Crippen LogP contribution in [-0.4, -0.2) is 26.5 Å². The van der Waals surface area contributed by atoms with E-state index < -0.39 is 0 Å². The van der Waals surface area contributed by atoms with Crippen molar-refractivity contribution in [2.75, 3.05) is 0 Å². The molecule has 1 heterocycles. The summed E-state index contributed by atoms with van der Waals surface area (Å²) in [5, 5.41) is 16.3. The third-order valence-electron chi connectivity index (χ3n) is 4.68. The van der Waals surface area contributed by atoms with Crippen LogP contribution in [0.3, 0.4) is 0 Å². The molecule has 0 bridgehead atoms. The highest BCUT2D eigenvalue weighted by Gasteiger charge is 2.26. The van der Waals surface area contributed by atoms with Gasteiger partial charge in [0.1, 0.15) is 0 Å². The zero-order valence-electron chi connectivity index (χ0n) is 14.8. The Morgan fingerprint density at radius 2 is 1.72 bits per heavy atom. The monoisotopic (exact) mass is 335 g/mol. The minimum absolute atomic E-state index is 0.217. The van der Waals surface area contributed by atoms with Gasteiger partial charge < -0.3 is 10.8 Å². The van der Waals surface area contributed by atoms with Crippen molar-refractivity contribution in [3.05, 3.63) is 58.0 Å². The Labute approximate surface area is 146 Å². The molecule has 1 aromatic carbocycles. The van der Waals surface area contributed by atoms with Crippen LogP contribution in [0.15, 0.2) is 51.8 Å². The fourth-order valence-electron chi connectivity index (χ4n) is 2.96. The zero-order valence-corrected chi connectivity index (χ0v) is 14.8. The lowest BCUT2D eigenvalue weighted by molar-refractivity contribution is 0.630. The standard InChI is InChI=1S/C19H21N5O/c1-11-10-15(17(21)12(2)16(11)20)22-18-13(3)23(4)24(19(18)25)14-8-6-5-7-9-14/h5-10,12,20-21H,1-4H3. The topological polar surface area (TPSA) is 87.0 Å². The first-order chi connectivity index (χ1) is 11.8. The number of hydrogen-bond acceptors (Lipinski definition) is 4. The van der Waals surface area contributed by atoms with Gasteiger partial charge in [0.25, 0.3) is 5.56 Å². The molecule has 0 saturated heterocycles. The second-order valence-electron chi connectivity index (χ2n) is 6.28. The van der Waals surface area contributed by atoms with Crippen molar-refractivity contribution in [1.82, 2.24) is 9.36 Å². The van der Waals surface area contributed by atoms with Crippen LogP contribution in [0.1, 0.15) is 19.5 Å². The van der Waals surface area contributed by atoms with Crippen LogP contribution in [0.25, 0.3) is 5.69 Å². The van der Waals surface area contributed by atoms with Gasteiger partial charge in [0.15, 0.2) is 5.69 Å². The predicted octanol–water partition coefficient (Wildman–Crippen LogP) is 3.19. The second-order valence-corrected chi connectivity index (χ2v) is 6.28. The highest BCUT2D eigenvalue weighted by molar-refractivity contribution is 6.52. The molecule has 1 aliphatic rings. The van der Waals surface area contributed by atoms with Gasteiger partial charge >= 0.3 is 0 Å². The van der Waals surface area contributed by atoms with Crippen LogP contribution in [0.4, 0.5) is 5.69 Å². The number of allylic oxidation sites excluding steroid dienone is 2. The highest BCUT2D eigenvalue weighted by Crippen LogP contribution is 2.21. The van der Waals surface area contributed by atoms with Gasteiger partial charge in [0, 0.05) is 18.7 Å². The summed E-state index contributed by atoms with van der Waals surface area (Å²) in [7, 11) is 1.82. The smallest absolute Gasteiger partial charge is 0.297 e. The summed E-state index contributed by atoms with van der Waals surface area (Å²) in [6.07, 6.45) is 1.71. The molecular formula is C19H21N5O. The predicted molar refractivity (Wildman–Crippen MR) is 101 cm³/mol. The van der Waals surface area contributed by atoms with Crippen LogP contribution in [0.5, 0.6) is 0 Å². The van der Waals surface area contributed by atoms with E-state index in [1.165, 1.54) is 0 Å². The van der Waals surface area contributed by atoms with Gasteiger partial charge in [-0.3, -0.25) is 9.48 Å². The van der Waals surface area contributed by atoms with Crippen molar-refractivity contribution >= 4 is 22.8 Å². The highest BCUT2D eigenvalue weighted by atomic mass is 16.1. The Morgan fingerprint density at radius 1 is 1.08 bits per heavy atom. The van der Waals surface area contributed by atoms with E-state index in [-0.39, 0.29) is 17.2 Å². The Bertz CT molecular complexity index is 989. The summed E-state index contributed by atoms with van der Waals surface area (Å²) in [5.74, 6) is -0.316. The van der Waals surface area contributed by atoms with Crippen LogP contribution < -0.4 is 5.56 Å². The van der Waals surface area contributed by atoms with Crippen LogP contribution in [-0.2, 0) is 7.05 Å². The summed E-state index contributed by atoms with van der Waals surface area (Å²) in [4.78, 5) is 17.4. The third kappa shape index (κ3) is 2.69. The molecule has 3 rings (SSSR count). The Balaban J connectivity index is 2.19. The molecule has 6 heteroatoms. The number of para-hydroxylation sites is 1. The van der Waals surface area contributed by atoms with E-state index in [1.807, 2.05) is 58.2 Å². The van der Waals surface area contributed by atoms with Crippen molar-refractivity contribution in [1.29, 1.82) is 10.8 Å². The molecule has 0 saturated carbocycles. The molecule has 6 nitrogen and oxygen atoms in total. The molecule has 1 aromatic heterocycles. The second kappa shape index (κ2) is 6.12. The molecule has 0 radical (unpaired) electrons. The summed E-state index contributed by atoms with van der Waals surface area (Å²) in [5.41, 5.74) is 3.53. The van der Waals surface area contributed by atoms with Crippen LogP contribution in [0.2, 0.25) is 0 Å². The molecule has 1 atom stereocenters. The van der Waals surface area contributed by atoms with Crippen molar-refractivity contribution in [2.45, 2.75) is 20.8 Å². The fourth-order valence-corrected chi connectivity index (χ4v) is 2.96. The van der Waals surface area contributed by atoms with Crippen molar-refractivity contribution < 1.29 is 0 Å². The summed E-state index contributed by atoms with van der Waals surface area (Å²) < 4.78 is 3.34. The number of nitrogens with zero attached hydrogens (tertiary/aromatic N) is 3. The maximum Gasteiger partial charge on any atom is 0.297 e. The minimum atomic E-state index is -0.316. The van der Waals surface area contributed by atoms with Crippen molar-refractivity contribution in [3.8, 4) is 5.69 Å². The van der Waals surface area contributed by atoms with Gasteiger partial charge in [-0.1, -0.05) is 25.1 Å². The normalized spacial score (nSPS) is 19.4. The Hall–Kier alpha value is -3.02. The first-order valence-corrected chi connectivity index (χ1v) is 8.11. The first-order valence-electron chi connectivity index (χ1n) is 8.11. The number of hydrogen-bond donors (Lipinski definition) is 2. The van der Waals surface area contributed by atoms with E-state index in [0.29, 0.717) is 17.1 Å². The van der Waals surface area contributed by atoms with Gasteiger partial charge in [-0.2, -0.15) is 0 Å². The van der Waals surface area contributed by atoms with E-state index in [1.54, 1.807) is 15.4 Å². The lowest BCUT2D eigenvalue weighted by Gasteiger charge is -2.20. The zero-order chi connectivity index (χ0) is 18.3. The van der Waals surface area contributed by atoms with Crippen LogP contribution in [0, 0.1) is 23.7 Å². The molecule has 25 heavy (non-hydrogen) atoms. The van der Waals surface area contributed by atoms with E-state index in [4.69, 9.17) is 10.8 Å². The molecule has 1 unspecified atom stereocenters. The maximum absolute atomic E-state index is 12.9. The van der Waals surface area contributed by atoms with E-state index in [0.717, 1.165) is 17.0 Å². The van der Waals surface area contributed by atoms with Gasteiger partial charge in [-0.25, -0.2) is 9.67 Å². The fraction of sp³-hybridized carbons (Fsp3) is 0.263. The lowest BCUT2D eigenvalue weighted by Crippen LogP contribution is -2.31. The van der Waals surface area contributed by atoms with Gasteiger partial charge in [-0.15, -0.1) is 0 Å². The van der Waals surface area contributed by atoms with Gasteiger partial charge in [-0.05, 0) is 37.6 Å². The van der Waals surface area contributed by atoms with E-state index in [2.05, 4.69) is 4.99 Å². The SMILES string of the molecule is CC1=CC(=Nc2c(C)n(C)n(-c3ccccc3)c2=O)C(=N)C(C)C1=N. The quantitative estimate of drug-likeness (QED) is 0.867. The molecule has 0 spiro atoms. The van der Waals surface area contributed by atoms with E-state index in [9.17, 15) is 4.79 Å². The summed E-state index contributed by atoms with van der Waals surface area (Å²) in [6, 6.07) is 9.40. The van der Waals surface area contributed by atoms with Crippen molar-refractivity contribution in [3.63, 3.8) is 0 Å². The van der Waals surface area contributed by atoms with Gasteiger partial charge in [0.2, 0.25) is 0 Å². The Kier molecular flexibility index (Phi) is 4.12. The lowest BCUT2D eigenvalue weighted by atomic mass is 9.86. The molecule has 2 aromatic rings. The minimum Gasteiger partial charge on any atom is -0.304 e. The van der Waals surface area contributed by atoms with Crippen molar-refractivity contribution in [2.24, 2.45) is 18.0 Å². The number of rotatable bonds is 2. The molecule has 0 fully saturated rings. The number of nitrogens with one attached hydrogen (secondary N) is 2. The average Bonchev–Trinajstić information content (AvgIpc) is 2.82. The maximum atomic E-state index is 12.9. The summed E-state index contributed by atoms with van der Waals surface area (Å²) >= 11 is 0. The summed E-state index contributed by atoms with van der Waals surface area (Å²) in [6.45, 7) is 5.49. The third-order valence-corrected chi connectivity index (χ3v) is 4.68. The molecule has 0 amide bonds. The number of benzene rings is 1. The molecule has 0 aliphatic heterocycles. The Morgan fingerprint density at radius 3 is 2.36 bits per heavy atom. The molecular weight excluding hydrogens is 314 g/mol. The molecule has 1 aliphatic carbocycles. The average molecular weight is 335 g/mol. The largest absolute Gasteiger partial charge is 0.304 e. The van der Waals surface area contributed by atoms with E-state index >= 15 is 0 Å². The number of aromatic nitrogens is 2. The number of aliphatic imine (C=N–C) groups is 1. The molecule has 2 N–H and O–H groups in total.